The molecular formula is C11H25NO. The fourth-order valence-corrected chi connectivity index (χ4v) is 1.74. The molecule has 0 aromatic heterocycles. The second-order valence-corrected chi connectivity index (χ2v) is 4.41. The van der Waals surface area contributed by atoms with Crippen molar-refractivity contribution in [2.75, 3.05) is 20.8 Å². The average Bonchev–Trinajstić information content (AvgIpc) is 2.02. The fraction of sp³-hybridized carbons (Fsp3) is 1.00. The van der Waals surface area contributed by atoms with E-state index in [4.69, 9.17) is 4.74 Å². The first kappa shape index (κ1) is 12.9. The lowest BCUT2D eigenvalue weighted by Crippen LogP contribution is -2.29. The molecule has 0 fully saturated rings. The predicted octanol–water partition coefficient (Wildman–Crippen LogP) is 2.29. The summed E-state index contributed by atoms with van der Waals surface area (Å²) in [4.78, 5) is 0. The monoisotopic (exact) mass is 187 g/mol. The van der Waals surface area contributed by atoms with Gasteiger partial charge in [0.05, 0.1) is 0 Å². The Balaban J connectivity index is 3.69. The maximum Gasteiger partial charge on any atom is 0.0488 e. The number of hydrogen-bond donors (Lipinski definition) is 1. The van der Waals surface area contributed by atoms with Crippen LogP contribution in [0.5, 0.6) is 0 Å². The first-order valence-electron chi connectivity index (χ1n) is 5.26. The zero-order valence-electron chi connectivity index (χ0n) is 9.76. The van der Waals surface area contributed by atoms with E-state index in [2.05, 4.69) is 26.1 Å². The van der Waals surface area contributed by atoms with E-state index < -0.39 is 0 Å². The number of ether oxygens (including phenoxy) is 1. The molecule has 2 unspecified atom stereocenters. The molecule has 0 spiro atoms. The van der Waals surface area contributed by atoms with E-state index in [-0.39, 0.29) is 0 Å². The molecule has 0 heterocycles. The lowest BCUT2D eigenvalue weighted by atomic mass is 9.95. The Bertz CT molecular complexity index is 115. The molecule has 0 saturated carbocycles. The summed E-state index contributed by atoms with van der Waals surface area (Å²) in [7, 11) is 3.82. The van der Waals surface area contributed by atoms with Gasteiger partial charge in [0.15, 0.2) is 0 Å². The van der Waals surface area contributed by atoms with Gasteiger partial charge in [0, 0.05) is 19.8 Å². The maximum atomic E-state index is 5.13. The third kappa shape index (κ3) is 7.03. The van der Waals surface area contributed by atoms with E-state index >= 15 is 0 Å². The Hall–Kier alpha value is -0.0800. The molecule has 1 N–H and O–H groups in total. The molecule has 0 amide bonds. The molecule has 2 atom stereocenters. The third-order valence-corrected chi connectivity index (χ3v) is 2.30. The predicted molar refractivity (Wildman–Crippen MR) is 58.0 cm³/mol. The minimum atomic E-state index is 0.644. The standard InChI is InChI=1S/C11H25NO/c1-9(2)6-11(12-4)7-10(3)8-13-5/h9-12H,6-8H2,1-5H3. The second-order valence-electron chi connectivity index (χ2n) is 4.41. The molecule has 0 bridgehead atoms. The van der Waals surface area contributed by atoms with E-state index in [1.165, 1.54) is 12.8 Å². The topological polar surface area (TPSA) is 21.3 Å². The van der Waals surface area contributed by atoms with Gasteiger partial charge in [-0.15, -0.1) is 0 Å². The summed E-state index contributed by atoms with van der Waals surface area (Å²) >= 11 is 0. The first-order chi connectivity index (χ1) is 6.10. The van der Waals surface area contributed by atoms with Crippen LogP contribution in [0.15, 0.2) is 0 Å². The van der Waals surface area contributed by atoms with Crippen molar-refractivity contribution in [1.29, 1.82) is 0 Å². The largest absolute Gasteiger partial charge is 0.384 e. The van der Waals surface area contributed by atoms with E-state index in [1.54, 1.807) is 7.11 Å². The molecule has 0 saturated heterocycles. The molecule has 13 heavy (non-hydrogen) atoms. The molecule has 2 nitrogen and oxygen atoms in total. The van der Waals surface area contributed by atoms with Crippen LogP contribution in [0.2, 0.25) is 0 Å². The van der Waals surface area contributed by atoms with E-state index in [0.29, 0.717) is 12.0 Å². The van der Waals surface area contributed by atoms with Crippen molar-refractivity contribution in [2.24, 2.45) is 11.8 Å². The molecule has 0 rings (SSSR count). The smallest absolute Gasteiger partial charge is 0.0488 e. The van der Waals surface area contributed by atoms with Crippen LogP contribution in [-0.4, -0.2) is 26.8 Å². The number of hydrogen-bond acceptors (Lipinski definition) is 2. The van der Waals surface area contributed by atoms with Gasteiger partial charge >= 0.3 is 0 Å². The van der Waals surface area contributed by atoms with Crippen molar-refractivity contribution in [3.05, 3.63) is 0 Å². The molecule has 2 heteroatoms. The van der Waals surface area contributed by atoms with Gasteiger partial charge < -0.3 is 10.1 Å². The molecule has 0 aromatic rings. The van der Waals surface area contributed by atoms with Crippen molar-refractivity contribution in [1.82, 2.24) is 5.32 Å². The Morgan fingerprint density at radius 3 is 2.15 bits per heavy atom. The lowest BCUT2D eigenvalue weighted by Gasteiger charge is -2.21. The minimum absolute atomic E-state index is 0.644. The van der Waals surface area contributed by atoms with Gasteiger partial charge in [0.25, 0.3) is 0 Å². The molecule has 80 valence electrons. The fourth-order valence-electron chi connectivity index (χ4n) is 1.74. The van der Waals surface area contributed by atoms with Crippen LogP contribution in [0.3, 0.4) is 0 Å². The van der Waals surface area contributed by atoms with Crippen molar-refractivity contribution in [3.63, 3.8) is 0 Å². The van der Waals surface area contributed by atoms with E-state index in [9.17, 15) is 0 Å². The zero-order chi connectivity index (χ0) is 10.3. The maximum absolute atomic E-state index is 5.13. The number of rotatable bonds is 7. The van der Waals surface area contributed by atoms with Crippen LogP contribution in [0, 0.1) is 11.8 Å². The summed E-state index contributed by atoms with van der Waals surface area (Å²) in [6, 6.07) is 0.644. The molecule has 0 aliphatic heterocycles. The highest BCUT2D eigenvalue weighted by atomic mass is 16.5. The van der Waals surface area contributed by atoms with Gasteiger partial charge in [-0.3, -0.25) is 0 Å². The Labute approximate surface area is 83.1 Å². The molecular weight excluding hydrogens is 162 g/mol. The van der Waals surface area contributed by atoms with Gasteiger partial charge in [0.2, 0.25) is 0 Å². The zero-order valence-corrected chi connectivity index (χ0v) is 9.76. The SMILES string of the molecule is CNC(CC(C)C)CC(C)COC. The summed E-state index contributed by atoms with van der Waals surface area (Å²) in [5, 5.41) is 3.37. The van der Waals surface area contributed by atoms with Crippen LogP contribution in [0.25, 0.3) is 0 Å². The number of methoxy groups -OCH3 is 1. The van der Waals surface area contributed by atoms with Crippen molar-refractivity contribution >= 4 is 0 Å². The lowest BCUT2D eigenvalue weighted by molar-refractivity contribution is 0.148. The first-order valence-corrected chi connectivity index (χ1v) is 5.26. The molecule has 0 aliphatic rings. The van der Waals surface area contributed by atoms with Gasteiger partial charge in [0.1, 0.15) is 0 Å². The van der Waals surface area contributed by atoms with E-state index in [1.807, 2.05) is 7.05 Å². The summed E-state index contributed by atoms with van der Waals surface area (Å²) in [6.45, 7) is 7.65. The highest BCUT2D eigenvalue weighted by molar-refractivity contribution is 4.69. The van der Waals surface area contributed by atoms with Crippen molar-refractivity contribution in [3.8, 4) is 0 Å². The summed E-state index contributed by atoms with van der Waals surface area (Å²) < 4.78 is 5.13. The van der Waals surface area contributed by atoms with Crippen molar-refractivity contribution in [2.45, 2.75) is 39.7 Å². The van der Waals surface area contributed by atoms with Gasteiger partial charge in [-0.2, -0.15) is 0 Å². The second kappa shape index (κ2) is 7.34. The highest BCUT2D eigenvalue weighted by Crippen LogP contribution is 2.13. The van der Waals surface area contributed by atoms with Gasteiger partial charge in [-0.05, 0) is 31.7 Å². The minimum Gasteiger partial charge on any atom is -0.384 e. The van der Waals surface area contributed by atoms with Crippen molar-refractivity contribution < 1.29 is 4.74 Å². The molecule has 0 aromatic carbocycles. The molecule has 0 aliphatic carbocycles. The number of nitrogens with one attached hydrogen (secondary N) is 1. The van der Waals surface area contributed by atoms with Crippen LogP contribution < -0.4 is 5.32 Å². The normalized spacial score (nSPS) is 16.2. The highest BCUT2D eigenvalue weighted by Gasteiger charge is 2.12. The Morgan fingerprint density at radius 2 is 1.77 bits per heavy atom. The molecule has 0 radical (unpaired) electrons. The van der Waals surface area contributed by atoms with Gasteiger partial charge in [-0.25, -0.2) is 0 Å². The Kier molecular flexibility index (Phi) is 7.29. The summed E-state index contributed by atoms with van der Waals surface area (Å²) in [6.07, 6.45) is 2.47. The Morgan fingerprint density at radius 1 is 1.15 bits per heavy atom. The van der Waals surface area contributed by atoms with E-state index in [0.717, 1.165) is 12.5 Å². The van der Waals surface area contributed by atoms with Crippen LogP contribution in [-0.2, 0) is 4.74 Å². The van der Waals surface area contributed by atoms with Crippen LogP contribution in [0.4, 0.5) is 0 Å². The summed E-state index contributed by atoms with van der Waals surface area (Å²) in [5.41, 5.74) is 0. The van der Waals surface area contributed by atoms with Crippen LogP contribution >= 0.6 is 0 Å². The van der Waals surface area contributed by atoms with Gasteiger partial charge in [-0.1, -0.05) is 20.8 Å². The summed E-state index contributed by atoms with van der Waals surface area (Å²) in [5.74, 6) is 1.42. The average molecular weight is 187 g/mol. The third-order valence-electron chi connectivity index (χ3n) is 2.30. The quantitative estimate of drug-likeness (QED) is 0.660. The van der Waals surface area contributed by atoms with Crippen LogP contribution in [0.1, 0.15) is 33.6 Å².